The Bertz CT molecular complexity index is 1390. The van der Waals surface area contributed by atoms with Crippen LogP contribution in [0, 0.1) is 0 Å². The van der Waals surface area contributed by atoms with Crippen LogP contribution in [-0.4, -0.2) is 60.9 Å². The summed E-state index contributed by atoms with van der Waals surface area (Å²) in [5.74, 6) is 1.84. The molecule has 0 saturated carbocycles. The molecular formula is C44H72N2O4. The molecule has 1 aliphatic rings. The molecule has 0 spiro atoms. The van der Waals surface area contributed by atoms with Crippen molar-refractivity contribution in [3.05, 3.63) is 58.7 Å². The fourth-order valence-electron chi connectivity index (χ4n) is 6.26. The van der Waals surface area contributed by atoms with Gasteiger partial charge in [-0.2, -0.15) is 5.06 Å². The first-order valence-electron chi connectivity index (χ1n) is 19.7. The van der Waals surface area contributed by atoms with E-state index in [0.29, 0.717) is 39.2 Å². The highest BCUT2D eigenvalue weighted by atomic mass is 16.7. The van der Waals surface area contributed by atoms with Gasteiger partial charge in [-0.3, -0.25) is 9.63 Å². The lowest BCUT2D eigenvalue weighted by Gasteiger charge is -2.37. The predicted molar refractivity (Wildman–Crippen MR) is 210 cm³/mol. The SMILES string of the molecule is CCC(CON1CCN(C(=O)C(CC)Oc2ccc(C(C)(C)CC)cc2C(C)(C)CC)CC1)Oc1ccc(C(C)(C)CC)cc1C(C)(C)CC. The lowest BCUT2D eigenvalue weighted by Crippen LogP contribution is -2.52. The summed E-state index contributed by atoms with van der Waals surface area (Å²) in [6, 6.07) is 13.4. The molecule has 3 rings (SSSR count). The van der Waals surface area contributed by atoms with Crippen molar-refractivity contribution in [1.82, 2.24) is 9.96 Å². The van der Waals surface area contributed by atoms with Crippen LogP contribution in [-0.2, 0) is 31.3 Å². The standard InChI is InChI=1S/C44H72N2O4/c1-15-34(49-38-23-21-32(41(7,8)17-3)29-35(38)43(11,12)19-5)31-48-46-27-25-45(26-28-46)40(47)37(16-2)50-39-24-22-33(42(9,10)18-4)30-36(39)44(13,14)20-6/h21-24,29-30,34,37H,15-20,25-28,31H2,1-14H3. The molecule has 6 nitrogen and oxygen atoms in total. The quantitative estimate of drug-likeness (QED) is 0.156. The average Bonchev–Trinajstić information content (AvgIpc) is 3.11. The van der Waals surface area contributed by atoms with Crippen LogP contribution >= 0.6 is 0 Å². The van der Waals surface area contributed by atoms with E-state index in [1.807, 2.05) is 16.9 Å². The second kappa shape index (κ2) is 17.3. The Kier molecular flexibility index (Phi) is 14.5. The Balaban J connectivity index is 1.65. The largest absolute Gasteiger partial charge is 0.488 e. The number of ether oxygens (including phenoxy) is 2. The van der Waals surface area contributed by atoms with Gasteiger partial charge >= 0.3 is 0 Å². The van der Waals surface area contributed by atoms with E-state index in [4.69, 9.17) is 14.3 Å². The molecular weight excluding hydrogens is 620 g/mol. The van der Waals surface area contributed by atoms with Gasteiger partial charge in [0, 0.05) is 37.3 Å². The van der Waals surface area contributed by atoms with Gasteiger partial charge in [-0.05, 0) is 83.4 Å². The van der Waals surface area contributed by atoms with Crippen LogP contribution in [0.4, 0.5) is 0 Å². The van der Waals surface area contributed by atoms with Gasteiger partial charge < -0.3 is 14.4 Å². The Morgan fingerprint density at radius 3 is 1.46 bits per heavy atom. The predicted octanol–water partition coefficient (Wildman–Crippen LogP) is 10.5. The number of hydroxylamine groups is 2. The number of piperazine rings is 1. The highest BCUT2D eigenvalue weighted by Crippen LogP contribution is 2.40. The van der Waals surface area contributed by atoms with Crippen molar-refractivity contribution in [2.24, 2.45) is 0 Å². The zero-order valence-electron chi connectivity index (χ0n) is 34.4. The molecule has 0 bridgehead atoms. The van der Waals surface area contributed by atoms with Crippen molar-refractivity contribution >= 4 is 5.91 Å². The van der Waals surface area contributed by atoms with Gasteiger partial charge in [0.05, 0.1) is 0 Å². The van der Waals surface area contributed by atoms with Gasteiger partial charge in [-0.25, -0.2) is 0 Å². The molecule has 0 aliphatic carbocycles. The molecule has 2 aromatic rings. The van der Waals surface area contributed by atoms with Gasteiger partial charge in [-0.1, -0.05) is 121 Å². The molecule has 2 atom stereocenters. The lowest BCUT2D eigenvalue weighted by molar-refractivity contribution is -0.194. The molecule has 1 amide bonds. The molecule has 1 aliphatic heterocycles. The highest BCUT2D eigenvalue weighted by molar-refractivity contribution is 5.81. The van der Waals surface area contributed by atoms with Gasteiger partial charge in [-0.15, -0.1) is 0 Å². The van der Waals surface area contributed by atoms with Crippen LogP contribution < -0.4 is 9.47 Å². The van der Waals surface area contributed by atoms with Gasteiger partial charge in [0.15, 0.2) is 6.10 Å². The van der Waals surface area contributed by atoms with Gasteiger partial charge in [0.2, 0.25) is 0 Å². The Morgan fingerprint density at radius 2 is 1.06 bits per heavy atom. The maximum Gasteiger partial charge on any atom is 0.263 e. The number of nitrogens with zero attached hydrogens (tertiary/aromatic N) is 2. The normalized spacial score (nSPS) is 16.3. The lowest BCUT2D eigenvalue weighted by atomic mass is 9.76. The maximum atomic E-state index is 13.8. The molecule has 6 heteroatoms. The minimum absolute atomic E-state index is 0.000436. The van der Waals surface area contributed by atoms with E-state index in [0.717, 1.165) is 43.6 Å². The molecule has 282 valence electrons. The second-order valence-corrected chi connectivity index (χ2v) is 17.1. The van der Waals surface area contributed by atoms with Crippen molar-refractivity contribution in [2.45, 2.75) is 169 Å². The molecule has 0 aromatic heterocycles. The summed E-state index contributed by atoms with van der Waals surface area (Å²) >= 11 is 0. The minimum Gasteiger partial charge on any atom is -0.488 e. The fourth-order valence-corrected chi connectivity index (χ4v) is 6.26. The number of amides is 1. The molecule has 1 fully saturated rings. The first-order chi connectivity index (χ1) is 23.4. The Labute approximate surface area is 306 Å². The molecule has 1 heterocycles. The van der Waals surface area contributed by atoms with Crippen LogP contribution in [0.15, 0.2) is 36.4 Å². The van der Waals surface area contributed by atoms with Crippen LogP contribution in [0.2, 0.25) is 0 Å². The summed E-state index contributed by atoms with van der Waals surface area (Å²) < 4.78 is 13.3. The summed E-state index contributed by atoms with van der Waals surface area (Å²) in [5.41, 5.74) is 5.25. The molecule has 50 heavy (non-hydrogen) atoms. The van der Waals surface area contributed by atoms with E-state index in [1.54, 1.807) is 0 Å². The number of hydrogen-bond donors (Lipinski definition) is 0. The van der Waals surface area contributed by atoms with Crippen LogP contribution in [0.5, 0.6) is 11.5 Å². The van der Waals surface area contributed by atoms with Gasteiger partial charge in [0.1, 0.15) is 24.2 Å². The summed E-state index contributed by atoms with van der Waals surface area (Å²) in [4.78, 5) is 22.1. The van der Waals surface area contributed by atoms with E-state index in [-0.39, 0.29) is 33.7 Å². The summed E-state index contributed by atoms with van der Waals surface area (Å²) in [6.07, 6.45) is 5.02. The third kappa shape index (κ3) is 10.1. The van der Waals surface area contributed by atoms with Crippen molar-refractivity contribution < 1.29 is 19.1 Å². The van der Waals surface area contributed by atoms with Crippen molar-refractivity contribution in [3.8, 4) is 11.5 Å². The third-order valence-corrected chi connectivity index (χ3v) is 12.2. The van der Waals surface area contributed by atoms with Crippen molar-refractivity contribution in [1.29, 1.82) is 0 Å². The summed E-state index contributed by atoms with van der Waals surface area (Å²) in [6.45, 7) is 34.5. The summed E-state index contributed by atoms with van der Waals surface area (Å²) in [7, 11) is 0. The first kappa shape index (κ1) is 41.8. The van der Waals surface area contributed by atoms with E-state index < -0.39 is 6.10 Å². The van der Waals surface area contributed by atoms with E-state index in [9.17, 15) is 4.79 Å². The van der Waals surface area contributed by atoms with E-state index in [2.05, 4.69) is 126 Å². The number of hydrogen-bond acceptors (Lipinski definition) is 5. The molecule has 1 saturated heterocycles. The highest BCUT2D eigenvalue weighted by Gasteiger charge is 2.33. The van der Waals surface area contributed by atoms with Gasteiger partial charge in [0.25, 0.3) is 5.91 Å². The Morgan fingerprint density at radius 1 is 0.620 bits per heavy atom. The number of benzene rings is 2. The molecule has 2 unspecified atom stereocenters. The zero-order valence-corrected chi connectivity index (χ0v) is 34.4. The van der Waals surface area contributed by atoms with Crippen LogP contribution in [0.25, 0.3) is 0 Å². The van der Waals surface area contributed by atoms with Crippen molar-refractivity contribution in [2.75, 3.05) is 32.8 Å². The zero-order chi connectivity index (χ0) is 37.5. The second-order valence-electron chi connectivity index (χ2n) is 17.1. The molecule has 0 radical (unpaired) electrons. The first-order valence-corrected chi connectivity index (χ1v) is 19.7. The summed E-state index contributed by atoms with van der Waals surface area (Å²) in [5, 5.41) is 2.00. The number of carbonyl (C=O) groups excluding carboxylic acids is 1. The van der Waals surface area contributed by atoms with Crippen LogP contribution in [0.1, 0.15) is 158 Å². The number of rotatable bonds is 18. The Hall–Kier alpha value is -2.57. The smallest absolute Gasteiger partial charge is 0.263 e. The third-order valence-electron chi connectivity index (χ3n) is 12.2. The fraction of sp³-hybridized carbons (Fsp3) is 0.705. The van der Waals surface area contributed by atoms with Crippen LogP contribution in [0.3, 0.4) is 0 Å². The van der Waals surface area contributed by atoms with E-state index >= 15 is 0 Å². The average molecular weight is 693 g/mol. The van der Waals surface area contributed by atoms with Crippen molar-refractivity contribution in [3.63, 3.8) is 0 Å². The maximum absolute atomic E-state index is 13.8. The minimum atomic E-state index is -0.521. The monoisotopic (exact) mass is 693 g/mol. The van der Waals surface area contributed by atoms with E-state index in [1.165, 1.54) is 22.3 Å². The molecule has 2 aromatic carbocycles. The topological polar surface area (TPSA) is 51.2 Å². The number of carbonyl (C=O) groups is 1. The molecule has 0 N–H and O–H groups in total.